The lowest BCUT2D eigenvalue weighted by Crippen LogP contribution is -2.17. The maximum absolute atomic E-state index is 12.9. The van der Waals surface area contributed by atoms with Crippen molar-refractivity contribution >= 4 is 34.0 Å². The Hall–Kier alpha value is -3.73. The Kier molecular flexibility index (Phi) is 4.96. The summed E-state index contributed by atoms with van der Waals surface area (Å²) in [6.45, 7) is 6.03. The molecular formula is C24H22N4O. The van der Waals surface area contributed by atoms with E-state index in [-0.39, 0.29) is 11.7 Å². The molecule has 5 nitrogen and oxygen atoms in total. The Balaban J connectivity index is 1.70. The van der Waals surface area contributed by atoms with Crippen LogP contribution in [0.4, 0.5) is 17.2 Å². The molecule has 0 unspecified atom stereocenters. The first-order valence-corrected chi connectivity index (χ1v) is 9.49. The Bertz CT molecular complexity index is 1200. The van der Waals surface area contributed by atoms with Crippen LogP contribution in [0.3, 0.4) is 0 Å². The first kappa shape index (κ1) is 18.6. The predicted octanol–water partition coefficient (Wildman–Crippen LogP) is 5.55. The molecule has 0 radical (unpaired) electrons. The van der Waals surface area contributed by atoms with Crippen LogP contribution in [-0.4, -0.2) is 15.9 Å². The molecule has 4 aromatic rings. The van der Waals surface area contributed by atoms with Gasteiger partial charge in [0, 0.05) is 16.8 Å². The van der Waals surface area contributed by atoms with Crippen molar-refractivity contribution in [2.75, 3.05) is 10.6 Å². The van der Waals surface area contributed by atoms with E-state index in [9.17, 15) is 4.79 Å². The van der Waals surface area contributed by atoms with Gasteiger partial charge in [-0.05, 0) is 56.7 Å². The highest BCUT2D eigenvalue weighted by Crippen LogP contribution is 2.25. The number of aryl methyl sites for hydroxylation is 3. The topological polar surface area (TPSA) is 66.9 Å². The molecule has 1 amide bonds. The van der Waals surface area contributed by atoms with Gasteiger partial charge in [-0.15, -0.1) is 0 Å². The van der Waals surface area contributed by atoms with Crippen molar-refractivity contribution in [2.24, 2.45) is 0 Å². The number of fused-ring (bicyclic) bond motifs is 1. The average molecular weight is 382 g/mol. The molecule has 2 N–H and O–H groups in total. The number of nitrogens with one attached hydrogen (secondary N) is 2. The van der Waals surface area contributed by atoms with Gasteiger partial charge in [0.15, 0.2) is 0 Å². The van der Waals surface area contributed by atoms with Gasteiger partial charge in [0.25, 0.3) is 5.91 Å². The fourth-order valence-electron chi connectivity index (χ4n) is 3.18. The fraction of sp³-hybridized carbons (Fsp3) is 0.125. The number of benzene rings is 3. The number of carbonyl (C=O) groups excluding carboxylic acids is 1. The lowest BCUT2D eigenvalue weighted by Gasteiger charge is -2.12. The highest BCUT2D eigenvalue weighted by atomic mass is 16.2. The lowest BCUT2D eigenvalue weighted by molar-refractivity contribution is 0.101. The van der Waals surface area contributed by atoms with E-state index in [0.29, 0.717) is 11.3 Å². The van der Waals surface area contributed by atoms with Crippen LogP contribution in [0.15, 0.2) is 66.7 Å². The number of nitrogens with zero attached hydrogens (tertiary/aromatic N) is 2. The Morgan fingerprint density at radius 2 is 1.55 bits per heavy atom. The van der Waals surface area contributed by atoms with Crippen molar-refractivity contribution in [2.45, 2.75) is 20.8 Å². The number of carbonyl (C=O) groups is 1. The Morgan fingerprint density at radius 3 is 2.31 bits per heavy atom. The first-order chi connectivity index (χ1) is 14.0. The third-order valence-corrected chi connectivity index (χ3v) is 4.75. The summed E-state index contributed by atoms with van der Waals surface area (Å²) < 4.78 is 0. The molecule has 0 spiro atoms. The zero-order valence-corrected chi connectivity index (χ0v) is 16.7. The number of anilines is 3. The van der Waals surface area contributed by atoms with E-state index < -0.39 is 0 Å². The second-order valence-electron chi connectivity index (χ2n) is 7.18. The molecule has 29 heavy (non-hydrogen) atoms. The monoisotopic (exact) mass is 382 g/mol. The van der Waals surface area contributed by atoms with Crippen molar-refractivity contribution in [3.63, 3.8) is 0 Å². The average Bonchev–Trinajstić information content (AvgIpc) is 2.71. The van der Waals surface area contributed by atoms with Crippen LogP contribution in [0.2, 0.25) is 0 Å². The molecule has 0 aliphatic rings. The summed E-state index contributed by atoms with van der Waals surface area (Å²) in [5.41, 5.74) is 5.69. The minimum Gasteiger partial charge on any atom is -0.340 e. The zero-order chi connectivity index (χ0) is 20.4. The number of aromatic nitrogens is 2. The number of rotatable bonds is 4. The molecule has 0 bridgehead atoms. The second-order valence-corrected chi connectivity index (χ2v) is 7.18. The van der Waals surface area contributed by atoms with Gasteiger partial charge in [-0.3, -0.25) is 4.79 Å². The maximum Gasteiger partial charge on any atom is 0.293 e. The molecule has 0 aliphatic carbocycles. The quantitative estimate of drug-likeness (QED) is 0.485. The van der Waals surface area contributed by atoms with E-state index in [1.54, 1.807) is 0 Å². The molecule has 1 heterocycles. The van der Waals surface area contributed by atoms with Crippen molar-refractivity contribution in [1.29, 1.82) is 0 Å². The molecule has 5 heteroatoms. The van der Waals surface area contributed by atoms with Gasteiger partial charge in [-0.25, -0.2) is 9.97 Å². The standard InChI is InChI=1S/C24H22N4O/c1-15-8-11-18(12-9-15)25-22-19-6-4-5-7-21(19)26-23(28-22)24(29)27-20-13-10-16(2)14-17(20)3/h4-14H,1-3H3,(H,27,29)(H,25,26,28). The van der Waals surface area contributed by atoms with Gasteiger partial charge in [0.2, 0.25) is 5.82 Å². The number of hydrogen-bond donors (Lipinski definition) is 2. The van der Waals surface area contributed by atoms with Crippen LogP contribution in [0.25, 0.3) is 10.9 Å². The van der Waals surface area contributed by atoms with E-state index >= 15 is 0 Å². The second kappa shape index (κ2) is 7.72. The van der Waals surface area contributed by atoms with Crippen LogP contribution in [-0.2, 0) is 0 Å². The summed E-state index contributed by atoms with van der Waals surface area (Å²) in [5, 5.41) is 7.10. The summed E-state index contributed by atoms with van der Waals surface area (Å²) >= 11 is 0. The molecule has 0 atom stereocenters. The maximum atomic E-state index is 12.9. The van der Waals surface area contributed by atoms with Gasteiger partial charge in [0.05, 0.1) is 5.52 Å². The van der Waals surface area contributed by atoms with Gasteiger partial charge < -0.3 is 10.6 Å². The molecule has 0 aliphatic heterocycles. The van der Waals surface area contributed by atoms with Crippen LogP contribution in [0.1, 0.15) is 27.3 Å². The summed E-state index contributed by atoms with van der Waals surface area (Å²) in [5.74, 6) is 0.387. The largest absolute Gasteiger partial charge is 0.340 e. The van der Waals surface area contributed by atoms with Gasteiger partial charge in [0.1, 0.15) is 5.82 Å². The van der Waals surface area contributed by atoms with E-state index in [2.05, 4.69) is 20.6 Å². The lowest BCUT2D eigenvalue weighted by atomic mass is 10.1. The third-order valence-electron chi connectivity index (χ3n) is 4.75. The highest BCUT2D eigenvalue weighted by molar-refractivity contribution is 6.04. The molecule has 1 aromatic heterocycles. The third kappa shape index (κ3) is 4.09. The zero-order valence-electron chi connectivity index (χ0n) is 16.7. The first-order valence-electron chi connectivity index (χ1n) is 9.49. The number of amides is 1. The molecule has 3 aromatic carbocycles. The Morgan fingerprint density at radius 1 is 0.828 bits per heavy atom. The summed E-state index contributed by atoms with van der Waals surface area (Å²) in [4.78, 5) is 21.9. The summed E-state index contributed by atoms with van der Waals surface area (Å²) in [6, 6.07) is 21.6. The van der Waals surface area contributed by atoms with Gasteiger partial charge in [-0.1, -0.05) is 47.5 Å². The SMILES string of the molecule is Cc1ccc(Nc2nc(C(=O)Nc3ccc(C)cc3C)nc3ccccc23)cc1. The van der Waals surface area contributed by atoms with E-state index in [1.807, 2.05) is 87.5 Å². The highest BCUT2D eigenvalue weighted by Gasteiger charge is 2.15. The molecule has 0 fully saturated rings. The van der Waals surface area contributed by atoms with E-state index in [4.69, 9.17) is 0 Å². The van der Waals surface area contributed by atoms with Gasteiger partial charge in [-0.2, -0.15) is 0 Å². The van der Waals surface area contributed by atoms with Crippen molar-refractivity contribution in [3.8, 4) is 0 Å². The minimum absolute atomic E-state index is 0.123. The normalized spacial score (nSPS) is 10.7. The molecular weight excluding hydrogens is 360 g/mol. The number of hydrogen-bond acceptors (Lipinski definition) is 4. The van der Waals surface area contributed by atoms with E-state index in [1.165, 1.54) is 5.56 Å². The van der Waals surface area contributed by atoms with Crippen LogP contribution in [0.5, 0.6) is 0 Å². The summed E-state index contributed by atoms with van der Waals surface area (Å²) in [7, 11) is 0. The molecule has 144 valence electrons. The molecule has 0 saturated carbocycles. The fourth-order valence-corrected chi connectivity index (χ4v) is 3.18. The number of para-hydroxylation sites is 1. The van der Waals surface area contributed by atoms with Crippen LogP contribution < -0.4 is 10.6 Å². The molecule has 4 rings (SSSR count). The van der Waals surface area contributed by atoms with Crippen LogP contribution >= 0.6 is 0 Å². The van der Waals surface area contributed by atoms with Crippen LogP contribution in [0, 0.1) is 20.8 Å². The Labute approximate surface area is 169 Å². The van der Waals surface area contributed by atoms with Crippen molar-refractivity contribution < 1.29 is 4.79 Å². The summed E-state index contributed by atoms with van der Waals surface area (Å²) in [6.07, 6.45) is 0. The van der Waals surface area contributed by atoms with Crippen molar-refractivity contribution in [1.82, 2.24) is 9.97 Å². The predicted molar refractivity (Wildman–Crippen MR) is 118 cm³/mol. The van der Waals surface area contributed by atoms with E-state index in [0.717, 1.165) is 27.9 Å². The minimum atomic E-state index is -0.338. The molecule has 0 saturated heterocycles. The smallest absolute Gasteiger partial charge is 0.293 e. The van der Waals surface area contributed by atoms with Gasteiger partial charge >= 0.3 is 0 Å². The van der Waals surface area contributed by atoms with Crippen molar-refractivity contribution in [3.05, 3.63) is 89.2 Å².